The molecule has 0 saturated carbocycles. The highest BCUT2D eigenvalue weighted by atomic mass is 32.2. The number of carbonyl (C=O) groups is 1. The third kappa shape index (κ3) is 4.28. The molecule has 1 amide bonds. The molecular formula is C22H21N5O2S. The number of carbonyl (C=O) groups excluding carboxylic acids is 1. The zero-order valence-electron chi connectivity index (χ0n) is 16.9. The Hall–Kier alpha value is -3.39. The summed E-state index contributed by atoms with van der Waals surface area (Å²) in [5.74, 6) is -0.318. The summed E-state index contributed by atoms with van der Waals surface area (Å²) >= 11 is 1.46. The second kappa shape index (κ2) is 8.16. The average molecular weight is 420 g/mol. The normalized spacial score (nSPS) is 11.0. The van der Waals surface area contributed by atoms with Gasteiger partial charge >= 0.3 is 5.69 Å². The largest absolute Gasteiger partial charge is 0.367 e. The van der Waals surface area contributed by atoms with Crippen LogP contribution in [0.3, 0.4) is 0 Å². The second-order valence-corrected chi connectivity index (χ2v) is 8.26. The molecule has 0 radical (unpaired) electrons. The van der Waals surface area contributed by atoms with E-state index in [2.05, 4.69) is 15.5 Å². The molecule has 0 unspecified atom stereocenters. The molecule has 2 heterocycles. The smallest absolute Gasteiger partial charge is 0.324 e. The first kappa shape index (κ1) is 19.9. The van der Waals surface area contributed by atoms with Crippen LogP contribution in [0.25, 0.3) is 5.65 Å². The number of fused-ring (bicyclic) bond motifs is 1. The minimum atomic E-state index is -0.452. The van der Waals surface area contributed by atoms with Crippen molar-refractivity contribution in [3.63, 3.8) is 0 Å². The molecule has 2 aromatic carbocycles. The van der Waals surface area contributed by atoms with Gasteiger partial charge in [0, 0.05) is 10.6 Å². The second-order valence-electron chi connectivity index (χ2n) is 7.16. The molecule has 0 aliphatic rings. The van der Waals surface area contributed by atoms with E-state index < -0.39 is 5.69 Å². The Kier molecular flexibility index (Phi) is 5.41. The van der Waals surface area contributed by atoms with E-state index in [0.29, 0.717) is 10.7 Å². The molecule has 152 valence electrons. The Labute approximate surface area is 177 Å². The fraction of sp³-hybridized carbons (Fsp3) is 0.182. The number of anilines is 1. The first-order valence-corrected chi connectivity index (χ1v) is 10.3. The minimum absolute atomic E-state index is 0.185. The van der Waals surface area contributed by atoms with Crippen LogP contribution in [0.5, 0.6) is 0 Å². The molecule has 0 saturated heterocycles. The highest BCUT2D eigenvalue weighted by Gasteiger charge is 2.13. The fourth-order valence-electron chi connectivity index (χ4n) is 3.06. The van der Waals surface area contributed by atoms with E-state index in [1.165, 1.54) is 21.8 Å². The maximum atomic E-state index is 12.7. The lowest BCUT2D eigenvalue weighted by Gasteiger charge is -2.08. The number of hydrogen-bond acceptors (Lipinski definition) is 5. The topological polar surface area (TPSA) is 81.3 Å². The van der Waals surface area contributed by atoms with Gasteiger partial charge in [0.1, 0.15) is 11.6 Å². The lowest BCUT2D eigenvalue weighted by molar-refractivity contribution is -0.117. The van der Waals surface area contributed by atoms with Gasteiger partial charge in [-0.2, -0.15) is 9.61 Å². The van der Waals surface area contributed by atoms with Crippen molar-refractivity contribution in [1.82, 2.24) is 19.4 Å². The monoisotopic (exact) mass is 419 g/mol. The number of rotatable bonds is 5. The SMILES string of the molecule is Cc1ccc(Sc2ccc3nn(CC(=O)Nc4ccc(C)cc4C)c(=O)n3n2)cc1. The van der Waals surface area contributed by atoms with Gasteiger partial charge in [-0.05, 0) is 56.7 Å². The van der Waals surface area contributed by atoms with Gasteiger partial charge in [0.25, 0.3) is 0 Å². The van der Waals surface area contributed by atoms with Crippen LogP contribution in [0.2, 0.25) is 0 Å². The van der Waals surface area contributed by atoms with Crippen LogP contribution in [0.4, 0.5) is 5.69 Å². The molecule has 0 bridgehead atoms. The van der Waals surface area contributed by atoms with Crippen molar-refractivity contribution >= 4 is 29.0 Å². The lowest BCUT2D eigenvalue weighted by Crippen LogP contribution is -2.29. The van der Waals surface area contributed by atoms with Gasteiger partial charge in [-0.1, -0.05) is 47.2 Å². The number of aromatic nitrogens is 4. The van der Waals surface area contributed by atoms with Gasteiger partial charge < -0.3 is 5.32 Å². The number of hydrogen-bond donors (Lipinski definition) is 1. The molecule has 1 N–H and O–H groups in total. The van der Waals surface area contributed by atoms with E-state index in [4.69, 9.17) is 0 Å². The Morgan fingerprint density at radius 1 is 0.967 bits per heavy atom. The van der Waals surface area contributed by atoms with Gasteiger partial charge in [0.2, 0.25) is 5.91 Å². The maximum Gasteiger partial charge on any atom is 0.367 e. The number of aryl methyl sites for hydroxylation is 3. The van der Waals surface area contributed by atoms with Gasteiger partial charge in [-0.15, -0.1) is 5.10 Å². The lowest BCUT2D eigenvalue weighted by atomic mass is 10.1. The van der Waals surface area contributed by atoms with E-state index in [1.54, 1.807) is 6.07 Å². The third-order valence-corrected chi connectivity index (χ3v) is 5.54. The quantitative estimate of drug-likeness (QED) is 0.534. The van der Waals surface area contributed by atoms with Crippen LogP contribution in [-0.4, -0.2) is 25.3 Å². The van der Waals surface area contributed by atoms with Gasteiger partial charge in [-0.3, -0.25) is 4.79 Å². The van der Waals surface area contributed by atoms with Crippen molar-refractivity contribution in [1.29, 1.82) is 0 Å². The van der Waals surface area contributed by atoms with Crippen molar-refractivity contribution in [2.24, 2.45) is 0 Å². The summed E-state index contributed by atoms with van der Waals surface area (Å²) in [6.45, 7) is 5.77. The summed E-state index contributed by atoms with van der Waals surface area (Å²) < 4.78 is 2.35. The van der Waals surface area contributed by atoms with Crippen molar-refractivity contribution in [2.75, 3.05) is 5.32 Å². The fourth-order valence-corrected chi connectivity index (χ4v) is 3.83. The number of benzene rings is 2. The van der Waals surface area contributed by atoms with E-state index >= 15 is 0 Å². The Balaban J connectivity index is 1.53. The van der Waals surface area contributed by atoms with Gasteiger partial charge in [0.15, 0.2) is 5.65 Å². The Morgan fingerprint density at radius 2 is 1.70 bits per heavy atom. The number of nitrogens with one attached hydrogen (secondary N) is 1. The molecule has 0 spiro atoms. The third-order valence-electron chi connectivity index (χ3n) is 4.61. The predicted molar refractivity (Wildman–Crippen MR) is 117 cm³/mol. The van der Waals surface area contributed by atoms with Crippen molar-refractivity contribution in [2.45, 2.75) is 37.2 Å². The van der Waals surface area contributed by atoms with Crippen molar-refractivity contribution in [3.05, 3.63) is 81.8 Å². The van der Waals surface area contributed by atoms with Crippen molar-refractivity contribution < 1.29 is 4.79 Å². The first-order valence-electron chi connectivity index (χ1n) is 9.47. The Morgan fingerprint density at radius 3 is 2.43 bits per heavy atom. The zero-order valence-corrected chi connectivity index (χ0v) is 17.7. The molecule has 8 heteroatoms. The molecular weight excluding hydrogens is 398 g/mol. The summed E-state index contributed by atoms with van der Waals surface area (Å²) in [5.41, 5.74) is 3.92. The number of amides is 1. The summed E-state index contributed by atoms with van der Waals surface area (Å²) in [5, 5.41) is 12.1. The number of nitrogens with zero attached hydrogens (tertiary/aromatic N) is 4. The van der Waals surface area contributed by atoms with E-state index in [9.17, 15) is 9.59 Å². The molecule has 4 rings (SSSR count). The maximum absolute atomic E-state index is 12.7. The summed E-state index contributed by atoms with van der Waals surface area (Å²) in [6, 6.07) is 17.4. The molecule has 0 aliphatic heterocycles. The minimum Gasteiger partial charge on any atom is -0.324 e. The van der Waals surface area contributed by atoms with Gasteiger partial charge in [0.05, 0.1) is 0 Å². The molecule has 0 atom stereocenters. The highest BCUT2D eigenvalue weighted by molar-refractivity contribution is 7.99. The molecule has 7 nitrogen and oxygen atoms in total. The molecule has 0 fully saturated rings. The van der Waals surface area contributed by atoms with Crippen LogP contribution in [0.1, 0.15) is 16.7 Å². The van der Waals surface area contributed by atoms with E-state index in [-0.39, 0.29) is 12.5 Å². The van der Waals surface area contributed by atoms with Crippen LogP contribution >= 0.6 is 11.8 Å². The average Bonchev–Trinajstić information content (AvgIpc) is 3.01. The summed E-state index contributed by atoms with van der Waals surface area (Å²) in [6.07, 6.45) is 0. The molecule has 30 heavy (non-hydrogen) atoms. The highest BCUT2D eigenvalue weighted by Crippen LogP contribution is 2.25. The van der Waals surface area contributed by atoms with Crippen LogP contribution < -0.4 is 11.0 Å². The van der Waals surface area contributed by atoms with Gasteiger partial charge in [-0.25, -0.2) is 9.48 Å². The molecule has 2 aromatic heterocycles. The Bertz CT molecular complexity index is 1290. The van der Waals surface area contributed by atoms with Crippen LogP contribution in [0.15, 0.2) is 69.3 Å². The van der Waals surface area contributed by atoms with E-state index in [0.717, 1.165) is 26.4 Å². The standard InChI is InChI=1S/C22H21N5O2S/c1-14-4-7-17(8-5-14)30-21-11-10-19-24-26(22(29)27(19)25-21)13-20(28)23-18-9-6-15(2)12-16(18)3/h4-12H,13H2,1-3H3,(H,23,28). The molecule has 0 aliphatic carbocycles. The summed E-state index contributed by atoms with van der Waals surface area (Å²) in [7, 11) is 0. The molecule has 4 aromatic rings. The zero-order chi connectivity index (χ0) is 21.3. The van der Waals surface area contributed by atoms with Crippen molar-refractivity contribution in [3.8, 4) is 0 Å². The first-order chi connectivity index (χ1) is 14.4. The predicted octanol–water partition coefficient (Wildman–Crippen LogP) is 3.61. The summed E-state index contributed by atoms with van der Waals surface area (Å²) in [4.78, 5) is 26.2. The van der Waals surface area contributed by atoms with Crippen LogP contribution in [-0.2, 0) is 11.3 Å². The van der Waals surface area contributed by atoms with Crippen LogP contribution in [0, 0.1) is 20.8 Å². The van der Waals surface area contributed by atoms with E-state index in [1.807, 2.05) is 69.3 Å².